The summed E-state index contributed by atoms with van der Waals surface area (Å²) in [5, 5.41) is 0.543. The molecule has 0 unspecified atom stereocenters. The first kappa shape index (κ1) is 11.0. The van der Waals surface area contributed by atoms with Crippen molar-refractivity contribution >= 4 is 29.0 Å². The van der Waals surface area contributed by atoms with Gasteiger partial charge in [-0.3, -0.25) is 4.79 Å². The van der Waals surface area contributed by atoms with Gasteiger partial charge in [0.05, 0.1) is 10.9 Å². The highest BCUT2D eigenvalue weighted by Crippen LogP contribution is 2.28. The van der Waals surface area contributed by atoms with Crippen molar-refractivity contribution in [2.45, 2.75) is 25.7 Å². The van der Waals surface area contributed by atoms with Gasteiger partial charge in [0.25, 0.3) is 0 Å². The van der Waals surface area contributed by atoms with Crippen molar-refractivity contribution in [1.82, 2.24) is 0 Å². The summed E-state index contributed by atoms with van der Waals surface area (Å²) in [5.41, 5.74) is 3.13. The summed E-state index contributed by atoms with van der Waals surface area (Å²) < 4.78 is 0. The lowest BCUT2D eigenvalue weighted by Gasteiger charge is -2.17. The van der Waals surface area contributed by atoms with Gasteiger partial charge in [-0.15, -0.1) is 11.6 Å². The molecule has 0 aromatic heterocycles. The molecule has 1 nitrogen and oxygen atoms in total. The predicted molar refractivity (Wildman–Crippen MR) is 63.1 cm³/mol. The minimum Gasteiger partial charge on any atom is -0.293 e. The van der Waals surface area contributed by atoms with Crippen LogP contribution in [0, 0.1) is 0 Å². The van der Waals surface area contributed by atoms with Crippen LogP contribution in [0.2, 0.25) is 5.02 Å². The van der Waals surface area contributed by atoms with Crippen LogP contribution >= 0.6 is 23.2 Å². The molecule has 0 bridgehead atoms. The first-order valence-corrected chi connectivity index (χ1v) is 6.04. The van der Waals surface area contributed by atoms with Crippen LogP contribution in [0.3, 0.4) is 0 Å². The predicted octanol–water partition coefficient (Wildman–Crippen LogP) is 3.64. The normalized spacial score (nSPS) is 14.8. The van der Waals surface area contributed by atoms with Gasteiger partial charge in [0.2, 0.25) is 0 Å². The number of rotatable bonds is 2. The summed E-state index contributed by atoms with van der Waals surface area (Å²) in [6, 6.07) is 3.84. The van der Waals surface area contributed by atoms with Gasteiger partial charge in [0.15, 0.2) is 5.78 Å². The van der Waals surface area contributed by atoms with Crippen molar-refractivity contribution in [2.75, 3.05) is 5.88 Å². The van der Waals surface area contributed by atoms with Gasteiger partial charge in [-0.05, 0) is 48.9 Å². The average molecular weight is 243 g/mol. The Labute approximate surface area is 99.4 Å². The van der Waals surface area contributed by atoms with E-state index in [1.807, 2.05) is 12.1 Å². The van der Waals surface area contributed by atoms with Gasteiger partial charge in [-0.1, -0.05) is 11.6 Å². The Morgan fingerprint density at radius 1 is 1.20 bits per heavy atom. The fourth-order valence-corrected chi connectivity index (χ4v) is 2.48. The van der Waals surface area contributed by atoms with Crippen molar-refractivity contribution in [3.8, 4) is 0 Å². The third-order valence-electron chi connectivity index (χ3n) is 2.85. The molecule has 0 amide bonds. The quantitative estimate of drug-likeness (QED) is 0.572. The Balaban J connectivity index is 2.44. The van der Waals surface area contributed by atoms with Crippen molar-refractivity contribution in [1.29, 1.82) is 0 Å². The van der Waals surface area contributed by atoms with E-state index in [0.717, 1.165) is 12.8 Å². The van der Waals surface area contributed by atoms with Crippen molar-refractivity contribution in [2.24, 2.45) is 0 Å². The molecule has 3 heteroatoms. The summed E-state index contributed by atoms with van der Waals surface area (Å²) in [6.45, 7) is 0. The van der Waals surface area contributed by atoms with Crippen LogP contribution in [0.15, 0.2) is 12.1 Å². The van der Waals surface area contributed by atoms with Gasteiger partial charge >= 0.3 is 0 Å². The number of alkyl halides is 1. The smallest absolute Gasteiger partial charge is 0.179 e. The molecule has 0 saturated heterocycles. The van der Waals surface area contributed by atoms with Crippen molar-refractivity contribution in [3.63, 3.8) is 0 Å². The number of Topliss-reactive ketones (excluding diaryl/α,β-unsaturated/α-hetero) is 1. The molecular weight excluding hydrogens is 231 g/mol. The zero-order chi connectivity index (χ0) is 10.8. The molecule has 1 aromatic carbocycles. The van der Waals surface area contributed by atoms with Crippen LogP contribution in [0.5, 0.6) is 0 Å². The topological polar surface area (TPSA) is 17.1 Å². The lowest BCUT2D eigenvalue weighted by atomic mass is 9.90. The molecule has 1 aliphatic carbocycles. The number of halogens is 2. The Morgan fingerprint density at radius 2 is 1.80 bits per heavy atom. The molecule has 2 rings (SSSR count). The summed E-state index contributed by atoms with van der Waals surface area (Å²) in [5.74, 6) is -0.0894. The van der Waals surface area contributed by atoms with E-state index in [9.17, 15) is 4.79 Å². The van der Waals surface area contributed by atoms with Crippen molar-refractivity contribution in [3.05, 3.63) is 33.8 Å². The molecule has 0 spiro atoms. The lowest BCUT2D eigenvalue weighted by molar-refractivity contribution is 0.102. The number of fused-ring (bicyclic) bond motifs is 1. The number of carbonyl (C=O) groups excluding carboxylic acids is 1. The molecule has 80 valence electrons. The second-order valence-corrected chi connectivity index (χ2v) is 4.54. The molecule has 0 saturated carbocycles. The molecule has 0 aliphatic heterocycles. The molecule has 0 atom stereocenters. The highest BCUT2D eigenvalue weighted by Gasteiger charge is 2.15. The second-order valence-electron chi connectivity index (χ2n) is 3.86. The van der Waals surface area contributed by atoms with E-state index in [1.165, 1.54) is 24.0 Å². The maximum absolute atomic E-state index is 11.5. The van der Waals surface area contributed by atoms with E-state index in [2.05, 4.69) is 0 Å². The summed E-state index contributed by atoms with van der Waals surface area (Å²) in [6.07, 6.45) is 4.54. The number of benzene rings is 1. The lowest BCUT2D eigenvalue weighted by Crippen LogP contribution is -2.08. The van der Waals surface area contributed by atoms with Crippen molar-refractivity contribution < 1.29 is 4.79 Å². The van der Waals surface area contributed by atoms with Crippen LogP contribution in [0.1, 0.15) is 34.3 Å². The third-order valence-corrected chi connectivity index (χ3v) is 3.41. The van der Waals surface area contributed by atoms with Gasteiger partial charge in [-0.2, -0.15) is 0 Å². The SMILES string of the molecule is O=C(CCl)c1cc2c(cc1Cl)CCCC2. The minimum absolute atomic E-state index is 0.00148. The number of carbonyl (C=O) groups is 1. The van der Waals surface area contributed by atoms with Crippen LogP contribution in [0.4, 0.5) is 0 Å². The van der Waals surface area contributed by atoms with E-state index in [1.54, 1.807) is 0 Å². The standard InChI is InChI=1S/C12H12Cl2O/c13-7-12(15)10-5-8-3-1-2-4-9(8)6-11(10)14/h5-6H,1-4,7H2. The highest BCUT2D eigenvalue weighted by molar-refractivity contribution is 6.37. The molecular formula is C12H12Cl2O. The first-order valence-electron chi connectivity index (χ1n) is 5.13. The zero-order valence-corrected chi connectivity index (χ0v) is 9.87. The monoisotopic (exact) mass is 242 g/mol. The van der Waals surface area contributed by atoms with Crippen LogP contribution in [-0.4, -0.2) is 11.7 Å². The Hall–Kier alpha value is -0.530. The van der Waals surface area contributed by atoms with E-state index in [4.69, 9.17) is 23.2 Å². The molecule has 0 radical (unpaired) electrons. The molecule has 0 heterocycles. The minimum atomic E-state index is -0.0879. The van der Waals surface area contributed by atoms with Gasteiger partial charge in [-0.25, -0.2) is 0 Å². The van der Waals surface area contributed by atoms with Gasteiger partial charge in [0, 0.05) is 5.56 Å². The molecule has 15 heavy (non-hydrogen) atoms. The Kier molecular flexibility index (Phi) is 3.32. The Morgan fingerprint density at radius 3 is 2.40 bits per heavy atom. The maximum atomic E-state index is 11.5. The van der Waals surface area contributed by atoms with E-state index >= 15 is 0 Å². The largest absolute Gasteiger partial charge is 0.293 e. The number of aryl methyl sites for hydroxylation is 2. The molecule has 1 aromatic rings. The van der Waals surface area contributed by atoms with E-state index < -0.39 is 0 Å². The Bertz CT molecular complexity index is 399. The number of ketones is 1. The molecule has 0 fully saturated rings. The summed E-state index contributed by atoms with van der Waals surface area (Å²) in [7, 11) is 0. The number of hydrogen-bond donors (Lipinski definition) is 0. The van der Waals surface area contributed by atoms with Gasteiger partial charge in [0.1, 0.15) is 0 Å². The number of hydrogen-bond acceptors (Lipinski definition) is 1. The van der Waals surface area contributed by atoms with Crippen LogP contribution in [0.25, 0.3) is 0 Å². The third kappa shape index (κ3) is 2.19. The van der Waals surface area contributed by atoms with E-state index in [0.29, 0.717) is 10.6 Å². The van der Waals surface area contributed by atoms with Crippen LogP contribution < -0.4 is 0 Å². The first-order chi connectivity index (χ1) is 7.22. The maximum Gasteiger partial charge on any atom is 0.179 e. The fourth-order valence-electron chi connectivity index (χ4n) is 2.04. The molecule has 1 aliphatic rings. The summed E-state index contributed by atoms with van der Waals surface area (Å²) >= 11 is 11.6. The fraction of sp³-hybridized carbons (Fsp3) is 0.417. The van der Waals surface area contributed by atoms with E-state index in [-0.39, 0.29) is 11.7 Å². The average Bonchev–Trinajstić information content (AvgIpc) is 2.27. The van der Waals surface area contributed by atoms with Crippen LogP contribution in [-0.2, 0) is 12.8 Å². The molecule has 0 N–H and O–H groups in total. The highest BCUT2D eigenvalue weighted by atomic mass is 35.5. The zero-order valence-electron chi connectivity index (χ0n) is 8.35. The second kappa shape index (κ2) is 4.54. The summed E-state index contributed by atoms with van der Waals surface area (Å²) in [4.78, 5) is 11.5. The van der Waals surface area contributed by atoms with Gasteiger partial charge < -0.3 is 0 Å².